The van der Waals surface area contributed by atoms with E-state index in [2.05, 4.69) is 39.1 Å². The molecule has 0 saturated carbocycles. The molecule has 1 aromatic carbocycles. The van der Waals surface area contributed by atoms with Gasteiger partial charge in [0.15, 0.2) is 0 Å². The van der Waals surface area contributed by atoms with Gasteiger partial charge in [-0.1, -0.05) is 18.9 Å². The number of benzene rings is 1. The smallest absolute Gasteiger partial charge is 0.0587 e. The van der Waals surface area contributed by atoms with Crippen molar-refractivity contribution in [2.45, 2.75) is 59.8 Å². The first-order valence-electron chi connectivity index (χ1n) is 8.33. The monoisotopic (exact) mass is 291 g/mol. The Balaban J connectivity index is 2.24. The van der Waals surface area contributed by atoms with E-state index in [4.69, 9.17) is 4.74 Å². The molecule has 0 saturated heterocycles. The van der Waals surface area contributed by atoms with Crippen LogP contribution in [0.4, 0.5) is 0 Å². The van der Waals surface area contributed by atoms with E-state index < -0.39 is 0 Å². The lowest BCUT2D eigenvalue weighted by molar-refractivity contribution is 0.199. The molecule has 1 N–H and O–H groups in total. The van der Waals surface area contributed by atoms with Crippen LogP contribution in [0.2, 0.25) is 0 Å². The molecule has 1 rings (SSSR count). The summed E-state index contributed by atoms with van der Waals surface area (Å²) >= 11 is 0. The first kappa shape index (κ1) is 18.2. The third kappa shape index (κ3) is 6.19. The van der Waals surface area contributed by atoms with E-state index in [0.717, 1.165) is 19.7 Å². The van der Waals surface area contributed by atoms with Crippen molar-refractivity contribution in [1.82, 2.24) is 5.32 Å². The van der Waals surface area contributed by atoms with E-state index in [1.165, 1.54) is 54.4 Å². The second-order valence-corrected chi connectivity index (χ2v) is 6.15. The second-order valence-electron chi connectivity index (χ2n) is 6.15. The van der Waals surface area contributed by atoms with Gasteiger partial charge < -0.3 is 10.1 Å². The topological polar surface area (TPSA) is 21.3 Å². The van der Waals surface area contributed by atoms with E-state index in [9.17, 15) is 0 Å². The molecular weight excluding hydrogens is 258 g/mol. The molecule has 0 spiro atoms. The molecule has 1 aromatic rings. The van der Waals surface area contributed by atoms with Crippen molar-refractivity contribution >= 4 is 0 Å². The zero-order valence-corrected chi connectivity index (χ0v) is 14.6. The highest BCUT2D eigenvalue weighted by Crippen LogP contribution is 2.23. The molecule has 0 aliphatic heterocycles. The average molecular weight is 291 g/mol. The highest BCUT2D eigenvalue weighted by atomic mass is 16.5. The Kier molecular flexibility index (Phi) is 8.63. The lowest BCUT2D eigenvalue weighted by Crippen LogP contribution is -2.20. The van der Waals surface area contributed by atoms with E-state index >= 15 is 0 Å². The lowest BCUT2D eigenvalue weighted by atomic mass is 9.91. The van der Waals surface area contributed by atoms with Crippen molar-refractivity contribution in [3.63, 3.8) is 0 Å². The summed E-state index contributed by atoms with van der Waals surface area (Å²) in [6.07, 6.45) is 6.47. The maximum absolute atomic E-state index is 5.02. The highest BCUT2D eigenvalue weighted by molar-refractivity contribution is 5.43. The van der Waals surface area contributed by atoms with Gasteiger partial charge in [-0.3, -0.25) is 0 Å². The Morgan fingerprint density at radius 1 is 0.857 bits per heavy atom. The Labute approximate surface area is 131 Å². The van der Waals surface area contributed by atoms with Gasteiger partial charge in [-0.2, -0.15) is 0 Å². The summed E-state index contributed by atoms with van der Waals surface area (Å²) in [6.45, 7) is 11.9. The fourth-order valence-corrected chi connectivity index (χ4v) is 2.88. The molecule has 2 heteroatoms. The van der Waals surface area contributed by atoms with Crippen LogP contribution in [0.15, 0.2) is 6.07 Å². The van der Waals surface area contributed by atoms with Crippen LogP contribution in [-0.2, 0) is 11.2 Å². The van der Waals surface area contributed by atoms with Crippen LogP contribution < -0.4 is 5.32 Å². The minimum atomic E-state index is 0.811. The summed E-state index contributed by atoms with van der Waals surface area (Å²) < 4.78 is 5.02. The van der Waals surface area contributed by atoms with Gasteiger partial charge in [0, 0.05) is 13.7 Å². The molecular formula is C19H33NO. The van der Waals surface area contributed by atoms with Gasteiger partial charge in [0.2, 0.25) is 0 Å². The van der Waals surface area contributed by atoms with Crippen molar-refractivity contribution in [3.05, 3.63) is 33.9 Å². The quantitative estimate of drug-likeness (QED) is 0.650. The maximum Gasteiger partial charge on any atom is 0.0587 e. The Morgan fingerprint density at radius 2 is 1.48 bits per heavy atom. The Morgan fingerprint density at radius 3 is 2.10 bits per heavy atom. The fraction of sp³-hybridized carbons (Fsp3) is 0.684. The average Bonchev–Trinajstić information content (AvgIpc) is 2.46. The summed E-state index contributed by atoms with van der Waals surface area (Å²) in [5, 5.41) is 3.40. The van der Waals surface area contributed by atoms with Crippen molar-refractivity contribution in [2.24, 2.45) is 0 Å². The summed E-state index contributed by atoms with van der Waals surface area (Å²) in [6, 6.07) is 2.32. The van der Waals surface area contributed by atoms with E-state index in [0.29, 0.717) is 0 Å². The molecule has 0 fully saturated rings. The summed E-state index contributed by atoms with van der Waals surface area (Å²) in [5.41, 5.74) is 7.47. The molecule has 21 heavy (non-hydrogen) atoms. The van der Waals surface area contributed by atoms with Crippen LogP contribution >= 0.6 is 0 Å². The SMILES string of the molecule is COCCNCCCCCCc1c(C)c(C)cc(C)c1C. The Hall–Kier alpha value is -0.860. The van der Waals surface area contributed by atoms with Crippen LogP contribution in [0.25, 0.3) is 0 Å². The number of rotatable bonds is 10. The first-order valence-corrected chi connectivity index (χ1v) is 8.33. The van der Waals surface area contributed by atoms with E-state index in [-0.39, 0.29) is 0 Å². The maximum atomic E-state index is 5.02. The van der Waals surface area contributed by atoms with Gasteiger partial charge in [0.25, 0.3) is 0 Å². The molecule has 0 unspecified atom stereocenters. The Bertz CT molecular complexity index is 400. The summed E-state index contributed by atoms with van der Waals surface area (Å²) in [7, 11) is 1.75. The van der Waals surface area contributed by atoms with Crippen LogP contribution in [0.5, 0.6) is 0 Å². The largest absolute Gasteiger partial charge is 0.383 e. The van der Waals surface area contributed by atoms with Gasteiger partial charge in [-0.25, -0.2) is 0 Å². The normalized spacial score (nSPS) is 11.1. The number of nitrogens with one attached hydrogen (secondary N) is 1. The van der Waals surface area contributed by atoms with Crippen molar-refractivity contribution in [2.75, 3.05) is 26.8 Å². The molecule has 0 aliphatic rings. The van der Waals surface area contributed by atoms with E-state index in [1.54, 1.807) is 12.7 Å². The lowest BCUT2D eigenvalue weighted by Gasteiger charge is -2.15. The van der Waals surface area contributed by atoms with Crippen LogP contribution in [-0.4, -0.2) is 26.8 Å². The zero-order valence-electron chi connectivity index (χ0n) is 14.6. The molecule has 0 aliphatic carbocycles. The minimum Gasteiger partial charge on any atom is -0.383 e. The van der Waals surface area contributed by atoms with Crippen LogP contribution in [0, 0.1) is 27.7 Å². The number of hydrogen-bond acceptors (Lipinski definition) is 2. The number of unbranched alkanes of at least 4 members (excludes halogenated alkanes) is 3. The third-order valence-electron chi connectivity index (χ3n) is 4.53. The van der Waals surface area contributed by atoms with Crippen molar-refractivity contribution in [3.8, 4) is 0 Å². The molecule has 0 bridgehead atoms. The van der Waals surface area contributed by atoms with Gasteiger partial charge in [-0.15, -0.1) is 0 Å². The number of aryl methyl sites for hydroxylation is 2. The fourth-order valence-electron chi connectivity index (χ4n) is 2.88. The number of hydrogen-bond donors (Lipinski definition) is 1. The molecule has 0 heterocycles. The van der Waals surface area contributed by atoms with Crippen molar-refractivity contribution < 1.29 is 4.74 Å². The van der Waals surface area contributed by atoms with Crippen molar-refractivity contribution in [1.29, 1.82) is 0 Å². The highest BCUT2D eigenvalue weighted by Gasteiger charge is 2.07. The molecule has 120 valence electrons. The zero-order chi connectivity index (χ0) is 15.7. The molecule has 2 nitrogen and oxygen atoms in total. The number of methoxy groups -OCH3 is 1. The molecule has 0 radical (unpaired) electrons. The summed E-state index contributed by atoms with van der Waals surface area (Å²) in [5.74, 6) is 0. The molecule has 0 atom stereocenters. The predicted molar refractivity (Wildman–Crippen MR) is 92.3 cm³/mol. The number of ether oxygens (including phenoxy) is 1. The molecule has 0 aromatic heterocycles. The first-order chi connectivity index (χ1) is 10.1. The standard InChI is InChI=1S/C19H33NO/c1-15-14-16(2)18(4)19(17(15)3)10-8-6-7-9-11-20-12-13-21-5/h14,20H,6-13H2,1-5H3. The van der Waals surface area contributed by atoms with Gasteiger partial charge in [-0.05, 0) is 81.3 Å². The van der Waals surface area contributed by atoms with Gasteiger partial charge in [0.05, 0.1) is 6.61 Å². The van der Waals surface area contributed by atoms with Gasteiger partial charge >= 0.3 is 0 Å². The summed E-state index contributed by atoms with van der Waals surface area (Å²) in [4.78, 5) is 0. The van der Waals surface area contributed by atoms with Gasteiger partial charge in [0.1, 0.15) is 0 Å². The van der Waals surface area contributed by atoms with Crippen LogP contribution in [0.1, 0.15) is 53.5 Å². The minimum absolute atomic E-state index is 0.811. The van der Waals surface area contributed by atoms with E-state index in [1.807, 2.05) is 0 Å². The molecule has 0 amide bonds. The second kappa shape index (κ2) is 9.97. The van der Waals surface area contributed by atoms with Crippen LogP contribution in [0.3, 0.4) is 0 Å². The third-order valence-corrected chi connectivity index (χ3v) is 4.53. The predicted octanol–water partition coefficient (Wildman–Crippen LogP) is 4.26.